The molecule has 0 spiro atoms. The standard InChI is InChI=1S/C13H19N3O4/c1-5-8-9(13(19)20-4)6(2)10(16-8)12(18)15-7(3)11(14)17/h7,16H,5H2,1-4H3,(H2,14,17)(H,15,18). The number of carbonyl (C=O) groups excluding carboxylic acids is 3. The summed E-state index contributed by atoms with van der Waals surface area (Å²) < 4.78 is 4.71. The Morgan fingerprint density at radius 2 is 2.00 bits per heavy atom. The predicted octanol–water partition coefficient (Wildman–Crippen LogP) is 0.276. The minimum atomic E-state index is -0.795. The number of methoxy groups -OCH3 is 1. The molecule has 0 saturated carbocycles. The lowest BCUT2D eigenvalue weighted by atomic mass is 10.1. The first-order chi connectivity index (χ1) is 9.33. The number of primary amides is 1. The van der Waals surface area contributed by atoms with E-state index in [-0.39, 0.29) is 5.69 Å². The first-order valence-corrected chi connectivity index (χ1v) is 6.23. The molecule has 7 heteroatoms. The molecular formula is C13H19N3O4. The lowest BCUT2D eigenvalue weighted by Crippen LogP contribution is -2.42. The molecule has 20 heavy (non-hydrogen) atoms. The van der Waals surface area contributed by atoms with Crippen molar-refractivity contribution in [1.82, 2.24) is 10.3 Å². The number of amides is 2. The maximum atomic E-state index is 12.1. The van der Waals surface area contributed by atoms with E-state index in [4.69, 9.17) is 10.5 Å². The summed E-state index contributed by atoms with van der Waals surface area (Å²) in [5.41, 5.74) is 6.78. The third-order valence-electron chi connectivity index (χ3n) is 3.07. The van der Waals surface area contributed by atoms with Crippen LogP contribution in [0.1, 0.15) is 46.0 Å². The summed E-state index contributed by atoms with van der Waals surface area (Å²) in [6, 6.07) is -0.795. The average Bonchev–Trinajstić information content (AvgIpc) is 2.74. The van der Waals surface area contributed by atoms with E-state index in [1.165, 1.54) is 14.0 Å². The van der Waals surface area contributed by atoms with Gasteiger partial charge in [-0.05, 0) is 25.8 Å². The zero-order valence-corrected chi connectivity index (χ0v) is 12.0. The summed E-state index contributed by atoms with van der Waals surface area (Å²) in [5, 5.41) is 2.46. The van der Waals surface area contributed by atoms with Crippen molar-refractivity contribution >= 4 is 17.8 Å². The van der Waals surface area contributed by atoms with Gasteiger partial charge in [-0.1, -0.05) is 6.92 Å². The van der Waals surface area contributed by atoms with Gasteiger partial charge < -0.3 is 20.8 Å². The number of aromatic nitrogens is 1. The van der Waals surface area contributed by atoms with Gasteiger partial charge in [-0.3, -0.25) is 9.59 Å². The number of esters is 1. The number of H-pyrrole nitrogens is 1. The average molecular weight is 281 g/mol. The number of hydrogen-bond donors (Lipinski definition) is 3. The van der Waals surface area contributed by atoms with E-state index in [0.717, 1.165) is 0 Å². The lowest BCUT2D eigenvalue weighted by Gasteiger charge is -2.09. The number of aryl methyl sites for hydroxylation is 1. The van der Waals surface area contributed by atoms with E-state index in [1.54, 1.807) is 6.92 Å². The fraction of sp³-hybridized carbons (Fsp3) is 0.462. The zero-order chi connectivity index (χ0) is 15.4. The lowest BCUT2D eigenvalue weighted by molar-refractivity contribution is -0.119. The van der Waals surface area contributed by atoms with Gasteiger partial charge in [-0.15, -0.1) is 0 Å². The van der Waals surface area contributed by atoms with Gasteiger partial charge in [-0.2, -0.15) is 0 Å². The number of ether oxygens (including phenoxy) is 1. The summed E-state index contributed by atoms with van der Waals surface area (Å²) in [6.45, 7) is 4.98. The highest BCUT2D eigenvalue weighted by atomic mass is 16.5. The Balaban J connectivity index is 3.14. The second kappa shape index (κ2) is 6.23. The highest BCUT2D eigenvalue weighted by molar-refractivity contribution is 6.01. The van der Waals surface area contributed by atoms with Crippen molar-refractivity contribution in [3.05, 3.63) is 22.5 Å². The van der Waals surface area contributed by atoms with Crippen molar-refractivity contribution in [3.8, 4) is 0 Å². The van der Waals surface area contributed by atoms with Crippen LogP contribution in [0.4, 0.5) is 0 Å². The Morgan fingerprint density at radius 3 is 2.45 bits per heavy atom. The molecular weight excluding hydrogens is 262 g/mol. The van der Waals surface area contributed by atoms with Crippen LogP contribution in [0.2, 0.25) is 0 Å². The molecule has 4 N–H and O–H groups in total. The van der Waals surface area contributed by atoms with Crippen LogP contribution in [-0.2, 0) is 16.0 Å². The third kappa shape index (κ3) is 2.98. The van der Waals surface area contributed by atoms with E-state index in [2.05, 4.69) is 10.3 Å². The molecule has 0 aliphatic carbocycles. The minimum absolute atomic E-state index is 0.232. The molecule has 110 valence electrons. The van der Waals surface area contributed by atoms with Gasteiger partial charge in [0.25, 0.3) is 5.91 Å². The molecule has 0 saturated heterocycles. The fourth-order valence-corrected chi connectivity index (χ4v) is 1.87. The number of nitrogens with one attached hydrogen (secondary N) is 2. The smallest absolute Gasteiger partial charge is 0.339 e. The minimum Gasteiger partial charge on any atom is -0.465 e. The molecule has 7 nitrogen and oxygen atoms in total. The Morgan fingerprint density at radius 1 is 1.40 bits per heavy atom. The first kappa shape index (κ1) is 15.7. The van der Waals surface area contributed by atoms with Crippen LogP contribution in [0.5, 0.6) is 0 Å². The van der Waals surface area contributed by atoms with Gasteiger partial charge in [-0.25, -0.2) is 4.79 Å². The van der Waals surface area contributed by atoms with Crippen molar-refractivity contribution in [1.29, 1.82) is 0 Å². The van der Waals surface area contributed by atoms with Gasteiger partial charge >= 0.3 is 5.97 Å². The highest BCUT2D eigenvalue weighted by Crippen LogP contribution is 2.20. The van der Waals surface area contributed by atoms with Crippen molar-refractivity contribution in [3.63, 3.8) is 0 Å². The Bertz CT molecular complexity index is 548. The Hall–Kier alpha value is -2.31. The van der Waals surface area contributed by atoms with Crippen LogP contribution in [-0.4, -0.2) is 35.9 Å². The molecule has 0 fully saturated rings. The summed E-state index contributed by atoms with van der Waals surface area (Å²) >= 11 is 0. The summed E-state index contributed by atoms with van der Waals surface area (Å²) in [7, 11) is 1.28. The molecule has 1 heterocycles. The van der Waals surface area contributed by atoms with E-state index >= 15 is 0 Å². The van der Waals surface area contributed by atoms with Crippen molar-refractivity contribution in [2.45, 2.75) is 33.2 Å². The Labute approximate surface area is 116 Å². The van der Waals surface area contributed by atoms with E-state index < -0.39 is 23.8 Å². The van der Waals surface area contributed by atoms with Gasteiger partial charge in [0.1, 0.15) is 11.7 Å². The molecule has 0 bridgehead atoms. The van der Waals surface area contributed by atoms with Crippen molar-refractivity contribution in [2.75, 3.05) is 7.11 Å². The molecule has 1 atom stereocenters. The van der Waals surface area contributed by atoms with Gasteiger partial charge in [0, 0.05) is 5.69 Å². The monoisotopic (exact) mass is 281 g/mol. The zero-order valence-electron chi connectivity index (χ0n) is 12.0. The van der Waals surface area contributed by atoms with E-state index in [1.807, 2.05) is 6.92 Å². The van der Waals surface area contributed by atoms with Crippen molar-refractivity contribution < 1.29 is 19.1 Å². The van der Waals surface area contributed by atoms with Gasteiger partial charge in [0.15, 0.2) is 0 Å². The number of aromatic amines is 1. The second-order valence-electron chi connectivity index (χ2n) is 4.42. The number of nitrogens with two attached hydrogens (primary N) is 1. The van der Waals surface area contributed by atoms with Gasteiger partial charge in [0.2, 0.25) is 5.91 Å². The maximum Gasteiger partial charge on any atom is 0.339 e. The topological polar surface area (TPSA) is 114 Å². The largest absolute Gasteiger partial charge is 0.465 e. The Kier molecular flexibility index (Phi) is 4.90. The van der Waals surface area contributed by atoms with Crippen LogP contribution in [0.3, 0.4) is 0 Å². The highest BCUT2D eigenvalue weighted by Gasteiger charge is 2.24. The number of carbonyl (C=O) groups is 3. The van der Waals surface area contributed by atoms with Crippen molar-refractivity contribution in [2.24, 2.45) is 5.73 Å². The third-order valence-corrected chi connectivity index (χ3v) is 3.07. The quantitative estimate of drug-likeness (QED) is 0.672. The summed E-state index contributed by atoms with van der Waals surface area (Å²) in [6.07, 6.45) is 0.546. The molecule has 0 aliphatic heterocycles. The molecule has 1 rings (SSSR count). The first-order valence-electron chi connectivity index (χ1n) is 6.23. The van der Waals surface area contributed by atoms with Gasteiger partial charge in [0.05, 0.1) is 12.7 Å². The van der Waals surface area contributed by atoms with E-state index in [9.17, 15) is 14.4 Å². The van der Waals surface area contributed by atoms with Crippen LogP contribution >= 0.6 is 0 Å². The van der Waals surface area contributed by atoms with E-state index in [0.29, 0.717) is 23.2 Å². The summed E-state index contributed by atoms with van der Waals surface area (Å²) in [4.78, 5) is 37.7. The fourth-order valence-electron chi connectivity index (χ4n) is 1.87. The molecule has 0 radical (unpaired) electrons. The molecule has 0 aromatic carbocycles. The SMILES string of the molecule is CCc1[nH]c(C(=O)NC(C)C(N)=O)c(C)c1C(=O)OC. The number of rotatable bonds is 5. The molecule has 1 unspecified atom stereocenters. The van der Waals surface area contributed by atoms with Crippen LogP contribution < -0.4 is 11.1 Å². The summed E-state index contributed by atoms with van der Waals surface area (Å²) in [5.74, 6) is -1.62. The normalized spacial score (nSPS) is 11.8. The van der Waals surface area contributed by atoms with Crippen LogP contribution in [0.15, 0.2) is 0 Å². The maximum absolute atomic E-state index is 12.1. The second-order valence-corrected chi connectivity index (χ2v) is 4.42. The predicted molar refractivity (Wildman–Crippen MR) is 72.4 cm³/mol. The van der Waals surface area contributed by atoms with Crippen LogP contribution in [0, 0.1) is 6.92 Å². The molecule has 1 aromatic heterocycles. The number of hydrogen-bond acceptors (Lipinski definition) is 4. The molecule has 0 aliphatic rings. The van der Waals surface area contributed by atoms with Crippen LogP contribution in [0.25, 0.3) is 0 Å². The molecule has 2 amide bonds. The molecule has 1 aromatic rings.